The lowest BCUT2D eigenvalue weighted by Gasteiger charge is -2.29. The van der Waals surface area contributed by atoms with Crippen molar-refractivity contribution in [3.05, 3.63) is 78.0 Å². The van der Waals surface area contributed by atoms with Gasteiger partial charge in [-0.05, 0) is 74.2 Å². The number of carbonyl (C=O) groups is 2. The second-order valence-electron chi connectivity index (χ2n) is 12.2. The number of carbonyl (C=O) groups excluding carboxylic acids is 2. The van der Waals surface area contributed by atoms with Gasteiger partial charge in [0.2, 0.25) is 11.8 Å². The quantitative estimate of drug-likeness (QED) is 0.216. The number of aryl methyl sites for hydroxylation is 1. The number of anilines is 1. The molecule has 47 heavy (non-hydrogen) atoms. The summed E-state index contributed by atoms with van der Waals surface area (Å²) in [5.74, 6) is 0.753. The molecule has 7 rings (SSSR count). The van der Waals surface area contributed by atoms with Gasteiger partial charge in [0.25, 0.3) is 0 Å². The molecule has 12 heteroatoms. The number of aromatic amines is 1. The highest BCUT2D eigenvalue weighted by molar-refractivity contribution is 7.16. The van der Waals surface area contributed by atoms with Crippen LogP contribution in [0.1, 0.15) is 43.8 Å². The number of amides is 2. The molecule has 0 saturated carbocycles. The normalized spacial score (nSPS) is 18.4. The Labute approximate surface area is 277 Å². The maximum absolute atomic E-state index is 13.8. The number of rotatable bonds is 9. The number of pyridine rings is 1. The van der Waals surface area contributed by atoms with E-state index in [9.17, 15) is 9.59 Å². The number of aromatic nitrogens is 6. The third kappa shape index (κ3) is 6.30. The number of likely N-dealkylation sites (tertiary alicyclic amines) is 1. The van der Waals surface area contributed by atoms with Crippen LogP contribution in [0.15, 0.2) is 67.3 Å². The minimum Gasteiger partial charge on any atom is -0.338 e. The lowest BCUT2D eigenvalue weighted by atomic mass is 9.83. The number of fused-ring (bicyclic) bond motifs is 1. The molecule has 2 N–H and O–H groups in total. The van der Waals surface area contributed by atoms with Crippen LogP contribution in [0.25, 0.3) is 38.4 Å². The van der Waals surface area contributed by atoms with E-state index in [4.69, 9.17) is 0 Å². The predicted octanol–water partition coefficient (Wildman–Crippen LogP) is 5.46. The first-order valence-corrected chi connectivity index (χ1v) is 16.9. The highest BCUT2D eigenvalue weighted by Crippen LogP contribution is 2.37. The molecule has 2 aliphatic heterocycles. The summed E-state index contributed by atoms with van der Waals surface area (Å²) in [6.07, 6.45) is 12.2. The molecule has 240 valence electrons. The van der Waals surface area contributed by atoms with Gasteiger partial charge < -0.3 is 10.2 Å². The minimum absolute atomic E-state index is 0.00853. The van der Waals surface area contributed by atoms with Crippen LogP contribution in [0.5, 0.6) is 0 Å². The molecule has 11 nitrogen and oxygen atoms in total. The molecule has 0 radical (unpaired) electrons. The zero-order valence-corrected chi connectivity index (χ0v) is 27.4. The fourth-order valence-electron chi connectivity index (χ4n) is 6.46. The maximum atomic E-state index is 13.8. The van der Waals surface area contributed by atoms with Crippen molar-refractivity contribution >= 4 is 45.3 Å². The Morgan fingerprint density at radius 1 is 1.04 bits per heavy atom. The first kappa shape index (κ1) is 30.8. The lowest BCUT2D eigenvalue weighted by Crippen LogP contribution is -2.43. The van der Waals surface area contributed by atoms with Crippen LogP contribution < -0.4 is 5.32 Å². The summed E-state index contributed by atoms with van der Waals surface area (Å²) < 4.78 is 0. The number of nitrogens with one attached hydrogen (secondary N) is 2. The molecule has 5 aromatic rings. The van der Waals surface area contributed by atoms with Crippen LogP contribution in [0.3, 0.4) is 0 Å². The van der Waals surface area contributed by atoms with E-state index in [1.54, 1.807) is 36.0 Å². The van der Waals surface area contributed by atoms with Crippen molar-refractivity contribution in [2.24, 2.45) is 5.41 Å². The molecule has 0 unspecified atom stereocenters. The highest BCUT2D eigenvalue weighted by Gasteiger charge is 2.43. The average Bonchev–Trinajstić information content (AvgIpc) is 3.88. The first-order chi connectivity index (χ1) is 22.9. The average molecular weight is 648 g/mol. The van der Waals surface area contributed by atoms with E-state index in [1.165, 1.54) is 0 Å². The van der Waals surface area contributed by atoms with Gasteiger partial charge in [-0.3, -0.25) is 24.6 Å². The summed E-state index contributed by atoms with van der Waals surface area (Å²) in [6, 6.07) is 11.6. The zero-order chi connectivity index (χ0) is 32.4. The third-order valence-electron chi connectivity index (χ3n) is 9.35. The van der Waals surface area contributed by atoms with E-state index in [2.05, 4.69) is 66.3 Å². The molecule has 6 heterocycles. The Morgan fingerprint density at radius 2 is 1.91 bits per heavy atom. The van der Waals surface area contributed by atoms with Crippen molar-refractivity contribution in [1.29, 1.82) is 0 Å². The Kier molecular flexibility index (Phi) is 8.61. The number of thiazole rings is 1. The van der Waals surface area contributed by atoms with Crippen LogP contribution in [-0.4, -0.2) is 84.5 Å². The summed E-state index contributed by atoms with van der Waals surface area (Å²) >= 11 is 1.57. The second-order valence-corrected chi connectivity index (χ2v) is 13.2. The number of hydrogen-bond acceptors (Lipinski definition) is 9. The van der Waals surface area contributed by atoms with Crippen LogP contribution in [0.2, 0.25) is 0 Å². The molecule has 4 aromatic heterocycles. The van der Waals surface area contributed by atoms with Crippen molar-refractivity contribution < 1.29 is 9.59 Å². The minimum atomic E-state index is -0.560. The van der Waals surface area contributed by atoms with Gasteiger partial charge in [-0.1, -0.05) is 19.9 Å². The molecule has 1 atom stereocenters. The van der Waals surface area contributed by atoms with Crippen LogP contribution in [0.4, 0.5) is 5.69 Å². The molecule has 2 amide bonds. The van der Waals surface area contributed by atoms with Crippen LogP contribution >= 0.6 is 11.3 Å². The van der Waals surface area contributed by atoms with Crippen molar-refractivity contribution in [2.75, 3.05) is 38.0 Å². The van der Waals surface area contributed by atoms with E-state index in [-0.39, 0.29) is 11.8 Å². The van der Waals surface area contributed by atoms with Gasteiger partial charge in [-0.25, -0.2) is 15.0 Å². The summed E-state index contributed by atoms with van der Waals surface area (Å²) in [5, 5.41) is 12.8. The van der Waals surface area contributed by atoms with Crippen molar-refractivity contribution in [1.82, 2.24) is 39.9 Å². The molecule has 2 aliphatic rings. The monoisotopic (exact) mass is 647 g/mol. The topological polar surface area (TPSA) is 133 Å². The lowest BCUT2D eigenvalue weighted by molar-refractivity contribution is -0.132. The van der Waals surface area contributed by atoms with Gasteiger partial charge in [0.1, 0.15) is 10.7 Å². The zero-order valence-electron chi connectivity index (χ0n) is 26.6. The summed E-state index contributed by atoms with van der Waals surface area (Å²) in [6.45, 7) is 6.90. The number of nitrogens with zero attached hydrogens (tertiary/aromatic N) is 7. The van der Waals surface area contributed by atoms with E-state index in [1.807, 2.05) is 35.4 Å². The molecule has 0 aliphatic carbocycles. The van der Waals surface area contributed by atoms with Crippen LogP contribution in [-0.2, 0) is 16.0 Å². The van der Waals surface area contributed by atoms with E-state index >= 15 is 0 Å². The fraction of sp³-hybridized carbons (Fsp3) is 0.343. The smallest absolute Gasteiger partial charge is 0.237 e. The molecular weight excluding hydrogens is 611 g/mol. The Bertz CT molecular complexity index is 1950. The van der Waals surface area contributed by atoms with Crippen molar-refractivity contribution in [3.8, 4) is 22.0 Å². The molecule has 0 spiro atoms. The van der Waals surface area contributed by atoms with E-state index < -0.39 is 5.41 Å². The molecule has 0 bridgehead atoms. The second kappa shape index (κ2) is 13.1. The molecule has 1 aromatic carbocycles. The standard InChI is InChI=1S/C35H37N9O2S/c1-3-25-18-24(8-14-36-25)31-27-19-26(6-7-28(27)41-42-31)40-34(46)35(4-2)11-17-43(22-35)21-30(45)44-15-9-23(10-16-44)33-39-20-29(47-33)32-37-12-5-13-38-32/h5-9,12-14,18-20H,3-4,10-11,15-17,21-22H2,1-2H3,(H,40,46)(H,41,42)/t35-/m1/s1. The van der Waals surface area contributed by atoms with E-state index in [0.29, 0.717) is 51.4 Å². The van der Waals surface area contributed by atoms with Crippen LogP contribution in [0, 0.1) is 5.41 Å². The summed E-state index contributed by atoms with van der Waals surface area (Å²) in [5.41, 5.74) is 5.05. The Balaban J connectivity index is 0.972. The predicted molar refractivity (Wildman–Crippen MR) is 183 cm³/mol. The molecular formula is C35H37N9O2S. The molecule has 1 saturated heterocycles. The van der Waals surface area contributed by atoms with E-state index in [0.717, 1.165) is 61.8 Å². The molecule has 1 fully saturated rings. The summed E-state index contributed by atoms with van der Waals surface area (Å²) in [7, 11) is 0. The fourth-order valence-corrected chi connectivity index (χ4v) is 7.39. The SMILES string of the molecule is CCc1cc(-c2n[nH]c3ccc(NC(=O)[C@]4(CC)CCN(CC(=O)N5CC=C(c6ncc(-c7ncccn7)s6)CC5)C4)cc23)ccn1. The highest BCUT2D eigenvalue weighted by atomic mass is 32.1. The summed E-state index contributed by atoms with van der Waals surface area (Å²) in [4.78, 5) is 49.7. The first-order valence-electron chi connectivity index (χ1n) is 16.1. The largest absolute Gasteiger partial charge is 0.338 e. The van der Waals surface area contributed by atoms with Gasteiger partial charge in [0, 0.05) is 66.8 Å². The Morgan fingerprint density at radius 3 is 2.70 bits per heavy atom. The van der Waals surface area contributed by atoms with Gasteiger partial charge in [0.05, 0.1) is 22.4 Å². The number of H-pyrrole nitrogens is 1. The van der Waals surface area contributed by atoms with Gasteiger partial charge in [-0.2, -0.15) is 5.10 Å². The van der Waals surface area contributed by atoms with Gasteiger partial charge >= 0.3 is 0 Å². The third-order valence-corrected chi connectivity index (χ3v) is 10.4. The van der Waals surface area contributed by atoms with Crippen molar-refractivity contribution in [2.45, 2.75) is 39.5 Å². The van der Waals surface area contributed by atoms with Crippen molar-refractivity contribution in [3.63, 3.8) is 0 Å². The number of benzene rings is 1. The number of hydrogen-bond donors (Lipinski definition) is 2. The Hall–Kier alpha value is -4.81. The van der Waals surface area contributed by atoms with Gasteiger partial charge in [0.15, 0.2) is 5.82 Å². The van der Waals surface area contributed by atoms with Gasteiger partial charge in [-0.15, -0.1) is 11.3 Å². The maximum Gasteiger partial charge on any atom is 0.237 e.